The number of hydrogen-bond acceptors (Lipinski definition) is 5. The van der Waals surface area contributed by atoms with E-state index in [2.05, 4.69) is 4.90 Å². The number of ether oxygens (including phenoxy) is 3. The molecule has 0 radical (unpaired) electrons. The minimum atomic E-state index is -0.689. The van der Waals surface area contributed by atoms with E-state index in [0.29, 0.717) is 29.5 Å². The predicted molar refractivity (Wildman–Crippen MR) is 131 cm³/mol. The van der Waals surface area contributed by atoms with E-state index in [0.717, 1.165) is 44.3 Å². The third kappa shape index (κ3) is 6.08. The summed E-state index contributed by atoms with van der Waals surface area (Å²) >= 11 is 12.2. The van der Waals surface area contributed by atoms with Crippen molar-refractivity contribution < 1.29 is 27.8 Å². The Bertz CT molecular complexity index is 1070. The average Bonchev–Trinajstić information content (AvgIpc) is 3.69. The number of likely N-dealkylation sites (tertiary alicyclic amines) is 1. The van der Waals surface area contributed by atoms with E-state index >= 15 is 0 Å². The highest BCUT2D eigenvalue weighted by Gasteiger charge is 2.32. The SMILES string of the molecule is COCC(c1cc(Cl)cc(Cl)c1F)N1CCC(COc2cc(F)c(C(=O)OC)cc2C2CC2)CC1. The van der Waals surface area contributed by atoms with Crippen LogP contribution in [-0.4, -0.2) is 51.4 Å². The summed E-state index contributed by atoms with van der Waals surface area (Å²) in [5.74, 6) is -0.772. The minimum Gasteiger partial charge on any atom is -0.493 e. The van der Waals surface area contributed by atoms with Gasteiger partial charge >= 0.3 is 5.97 Å². The van der Waals surface area contributed by atoms with Gasteiger partial charge in [-0.1, -0.05) is 23.2 Å². The molecule has 2 aromatic carbocycles. The van der Waals surface area contributed by atoms with E-state index in [1.54, 1.807) is 19.2 Å². The van der Waals surface area contributed by atoms with Crippen LogP contribution < -0.4 is 4.74 Å². The number of piperidine rings is 1. The Morgan fingerprint density at radius 3 is 2.43 bits per heavy atom. The van der Waals surface area contributed by atoms with Crippen molar-refractivity contribution >= 4 is 29.2 Å². The molecule has 9 heteroatoms. The molecule has 1 unspecified atom stereocenters. The predicted octanol–water partition coefficient (Wildman–Crippen LogP) is 6.41. The molecule has 0 aromatic heterocycles. The van der Waals surface area contributed by atoms with Crippen LogP contribution in [0.5, 0.6) is 5.75 Å². The molecule has 1 aliphatic carbocycles. The summed E-state index contributed by atoms with van der Waals surface area (Å²) in [6, 6.07) is 5.56. The number of nitrogens with zero attached hydrogens (tertiary/aromatic N) is 1. The Balaban J connectivity index is 1.41. The first-order chi connectivity index (χ1) is 16.8. The Kier molecular flexibility index (Phi) is 8.53. The molecule has 1 aliphatic heterocycles. The fourth-order valence-electron chi connectivity index (χ4n) is 4.68. The molecule has 2 aromatic rings. The summed E-state index contributed by atoms with van der Waals surface area (Å²) < 4.78 is 45.5. The fraction of sp³-hybridized carbons (Fsp3) is 0.500. The zero-order valence-corrected chi connectivity index (χ0v) is 21.3. The zero-order valence-electron chi connectivity index (χ0n) is 19.8. The summed E-state index contributed by atoms with van der Waals surface area (Å²) in [6.45, 7) is 2.19. The molecule has 4 rings (SSSR count). The van der Waals surface area contributed by atoms with E-state index in [1.165, 1.54) is 19.2 Å². The topological polar surface area (TPSA) is 48.0 Å². The number of benzene rings is 2. The first-order valence-electron chi connectivity index (χ1n) is 11.7. The lowest BCUT2D eigenvalue weighted by Crippen LogP contribution is -2.40. The van der Waals surface area contributed by atoms with Gasteiger partial charge in [0.05, 0.1) is 37.0 Å². The van der Waals surface area contributed by atoms with Gasteiger partial charge < -0.3 is 14.2 Å². The van der Waals surface area contributed by atoms with Crippen molar-refractivity contribution in [3.05, 3.63) is 62.6 Å². The Morgan fingerprint density at radius 2 is 1.80 bits per heavy atom. The van der Waals surface area contributed by atoms with Gasteiger partial charge in [-0.05, 0) is 74.4 Å². The van der Waals surface area contributed by atoms with Crippen molar-refractivity contribution in [2.24, 2.45) is 5.92 Å². The summed E-state index contributed by atoms with van der Waals surface area (Å²) in [6.07, 6.45) is 3.65. The molecular formula is C26H29Cl2F2NO4. The lowest BCUT2D eigenvalue weighted by Gasteiger charge is -2.37. The van der Waals surface area contributed by atoms with E-state index < -0.39 is 17.6 Å². The van der Waals surface area contributed by atoms with Gasteiger partial charge in [0.2, 0.25) is 0 Å². The molecule has 2 fully saturated rings. The van der Waals surface area contributed by atoms with Gasteiger partial charge in [0.25, 0.3) is 0 Å². The van der Waals surface area contributed by atoms with Gasteiger partial charge in [0.1, 0.15) is 17.4 Å². The number of carbonyl (C=O) groups excluding carboxylic acids is 1. The van der Waals surface area contributed by atoms with Crippen molar-refractivity contribution in [1.82, 2.24) is 4.90 Å². The maximum atomic E-state index is 14.8. The molecule has 0 spiro atoms. The van der Waals surface area contributed by atoms with Crippen LogP contribution in [0.4, 0.5) is 8.78 Å². The van der Waals surface area contributed by atoms with E-state index in [4.69, 9.17) is 37.4 Å². The molecule has 0 N–H and O–H groups in total. The molecule has 2 aliphatic rings. The second kappa shape index (κ2) is 11.4. The van der Waals surface area contributed by atoms with Gasteiger partial charge in [0.15, 0.2) is 0 Å². The minimum absolute atomic E-state index is 0.00574. The molecular weight excluding hydrogens is 499 g/mol. The highest BCUT2D eigenvalue weighted by Crippen LogP contribution is 2.45. The van der Waals surface area contributed by atoms with Crippen LogP contribution in [0.1, 0.15) is 59.1 Å². The van der Waals surface area contributed by atoms with Crippen LogP contribution in [0.15, 0.2) is 24.3 Å². The second-order valence-electron chi connectivity index (χ2n) is 9.19. The van der Waals surface area contributed by atoms with Crippen molar-refractivity contribution in [3.63, 3.8) is 0 Å². The Labute approximate surface area is 214 Å². The number of halogens is 4. The van der Waals surface area contributed by atoms with Crippen LogP contribution in [0.3, 0.4) is 0 Å². The summed E-state index contributed by atoms with van der Waals surface area (Å²) in [4.78, 5) is 14.1. The zero-order chi connectivity index (χ0) is 25.1. The molecule has 1 atom stereocenters. The number of carbonyl (C=O) groups is 1. The smallest absolute Gasteiger partial charge is 0.340 e. The third-order valence-electron chi connectivity index (χ3n) is 6.79. The van der Waals surface area contributed by atoms with Crippen molar-refractivity contribution in [1.29, 1.82) is 0 Å². The molecule has 0 amide bonds. The quantitative estimate of drug-likeness (QED) is 0.278. The normalized spacial score (nSPS) is 17.9. The summed E-state index contributed by atoms with van der Waals surface area (Å²) in [7, 11) is 2.82. The van der Waals surface area contributed by atoms with Crippen LogP contribution in [0, 0.1) is 17.6 Å². The monoisotopic (exact) mass is 527 g/mol. The molecule has 0 bridgehead atoms. The number of rotatable bonds is 9. The number of esters is 1. The maximum absolute atomic E-state index is 14.8. The van der Waals surface area contributed by atoms with Gasteiger partial charge in [-0.15, -0.1) is 0 Å². The highest BCUT2D eigenvalue weighted by molar-refractivity contribution is 6.34. The van der Waals surface area contributed by atoms with Crippen molar-refractivity contribution in [2.75, 3.05) is 40.5 Å². The number of hydrogen-bond donors (Lipinski definition) is 0. The van der Waals surface area contributed by atoms with E-state index in [-0.39, 0.29) is 28.5 Å². The maximum Gasteiger partial charge on any atom is 0.340 e. The lowest BCUT2D eigenvalue weighted by atomic mass is 9.94. The first kappa shape index (κ1) is 26.1. The van der Waals surface area contributed by atoms with Crippen molar-refractivity contribution in [3.8, 4) is 5.75 Å². The molecule has 1 saturated heterocycles. The van der Waals surface area contributed by atoms with Gasteiger partial charge in [-0.3, -0.25) is 4.90 Å². The average molecular weight is 528 g/mol. The molecule has 1 heterocycles. The van der Waals surface area contributed by atoms with Crippen LogP contribution in [0.25, 0.3) is 0 Å². The standard InChI is InChI=1S/C26H29Cl2F2NO4/c1-33-14-23(20-9-17(27)10-21(28)25(20)30)31-7-5-15(6-8-31)13-35-24-12-22(29)19(26(32)34-2)11-18(24)16-3-4-16/h9-12,15-16,23H,3-8,13-14H2,1-2H3. The van der Waals surface area contributed by atoms with Crippen LogP contribution in [-0.2, 0) is 9.47 Å². The lowest BCUT2D eigenvalue weighted by molar-refractivity contribution is 0.0540. The van der Waals surface area contributed by atoms with Gasteiger partial charge in [0, 0.05) is 23.8 Å². The van der Waals surface area contributed by atoms with Gasteiger partial charge in [-0.2, -0.15) is 0 Å². The molecule has 35 heavy (non-hydrogen) atoms. The van der Waals surface area contributed by atoms with Crippen molar-refractivity contribution in [2.45, 2.75) is 37.6 Å². The summed E-state index contributed by atoms with van der Waals surface area (Å²) in [5, 5.41) is 0.376. The molecule has 190 valence electrons. The Morgan fingerprint density at radius 1 is 1.09 bits per heavy atom. The van der Waals surface area contributed by atoms with Crippen LogP contribution >= 0.6 is 23.2 Å². The van der Waals surface area contributed by atoms with Gasteiger partial charge in [-0.25, -0.2) is 13.6 Å². The highest BCUT2D eigenvalue weighted by atomic mass is 35.5. The van der Waals surface area contributed by atoms with E-state index in [1.807, 2.05) is 0 Å². The fourth-order valence-corrected chi connectivity index (χ4v) is 5.19. The largest absolute Gasteiger partial charge is 0.493 e. The molecule has 5 nitrogen and oxygen atoms in total. The first-order valence-corrected chi connectivity index (χ1v) is 12.5. The van der Waals surface area contributed by atoms with E-state index in [9.17, 15) is 13.6 Å². The molecule has 1 saturated carbocycles. The Hall–Kier alpha value is -1.93. The summed E-state index contributed by atoms with van der Waals surface area (Å²) in [5.41, 5.74) is 1.22. The second-order valence-corrected chi connectivity index (χ2v) is 10.0. The van der Waals surface area contributed by atoms with Crippen LogP contribution in [0.2, 0.25) is 10.0 Å². The third-order valence-corrected chi connectivity index (χ3v) is 7.28. The number of methoxy groups -OCH3 is 2.